The molecule has 1 aromatic carbocycles. The van der Waals surface area contributed by atoms with Crippen molar-refractivity contribution in [2.24, 2.45) is 0 Å². The van der Waals surface area contributed by atoms with Crippen molar-refractivity contribution in [2.45, 2.75) is 38.5 Å². The van der Waals surface area contributed by atoms with Crippen LogP contribution in [0.15, 0.2) is 40.8 Å². The zero-order valence-corrected chi connectivity index (χ0v) is 18.8. The molecule has 1 aliphatic heterocycles. The van der Waals surface area contributed by atoms with Crippen LogP contribution in [-0.2, 0) is 27.3 Å². The number of aryl methyl sites for hydroxylation is 1. The first-order valence-corrected chi connectivity index (χ1v) is 10.6. The van der Waals surface area contributed by atoms with Gasteiger partial charge in [-0.3, -0.25) is 9.59 Å². The maximum atomic E-state index is 13.2. The minimum absolute atomic E-state index is 0.000865. The number of carbonyl (C=O) groups excluding carboxylic acids is 1. The van der Waals surface area contributed by atoms with Gasteiger partial charge in [-0.05, 0) is 30.7 Å². The van der Waals surface area contributed by atoms with Crippen LogP contribution in [0.1, 0.15) is 36.4 Å². The maximum Gasteiger partial charge on any atom is 0.293 e. The second-order valence-electron chi connectivity index (χ2n) is 8.06. The van der Waals surface area contributed by atoms with Crippen LogP contribution in [0.25, 0.3) is 11.7 Å². The van der Waals surface area contributed by atoms with Crippen LogP contribution >= 0.6 is 12.6 Å². The van der Waals surface area contributed by atoms with E-state index in [2.05, 4.69) is 53.6 Å². The van der Waals surface area contributed by atoms with Gasteiger partial charge in [-0.25, -0.2) is 4.98 Å². The third-order valence-corrected chi connectivity index (χ3v) is 6.22. The van der Waals surface area contributed by atoms with E-state index >= 15 is 0 Å². The highest BCUT2D eigenvalue weighted by Crippen LogP contribution is 2.46. The minimum Gasteiger partial charge on any atom is -0.463 e. The van der Waals surface area contributed by atoms with E-state index < -0.39 is 0 Å². The molecule has 0 spiro atoms. The molecule has 3 aromatic rings. The summed E-state index contributed by atoms with van der Waals surface area (Å²) in [7, 11) is 2.03. The van der Waals surface area contributed by atoms with Crippen LogP contribution in [0.5, 0.6) is 0 Å². The molecular formula is C23H24N4O3S. The Morgan fingerprint density at radius 1 is 1.23 bits per heavy atom. The summed E-state index contributed by atoms with van der Waals surface area (Å²) in [4.78, 5) is 30.6. The number of hydrogen-bond acceptors (Lipinski definition) is 7. The predicted octanol–water partition coefficient (Wildman–Crippen LogP) is 2.31. The largest absolute Gasteiger partial charge is 0.463 e. The van der Waals surface area contributed by atoms with Crippen molar-refractivity contribution in [1.82, 2.24) is 14.6 Å². The molecular weight excluding hydrogens is 412 g/mol. The van der Waals surface area contributed by atoms with Gasteiger partial charge < -0.3 is 9.64 Å². The third kappa shape index (κ3) is 3.31. The second-order valence-corrected chi connectivity index (χ2v) is 8.38. The standard InChI is InChI=1S/C23H24N4O3S/c1-14-15(9-10-20-23(2,3)17-7-5-6-8-19(17)26(20)4)22(29)27-21(24-14)16(11-30-13-28)18(12-31)25-27/h5-10,13,31H,11-12H2,1-4H3. The van der Waals surface area contributed by atoms with Gasteiger partial charge >= 0.3 is 0 Å². The van der Waals surface area contributed by atoms with E-state index in [1.54, 1.807) is 6.92 Å². The van der Waals surface area contributed by atoms with E-state index in [9.17, 15) is 9.59 Å². The molecule has 8 heteroatoms. The molecule has 0 saturated carbocycles. The molecule has 0 radical (unpaired) electrons. The van der Waals surface area contributed by atoms with Gasteiger partial charge in [0.05, 0.1) is 22.2 Å². The molecule has 1 aliphatic rings. The van der Waals surface area contributed by atoms with Crippen LogP contribution < -0.4 is 15.7 Å². The molecule has 0 fully saturated rings. The Hall–Kier alpha value is -3.13. The van der Waals surface area contributed by atoms with Crippen LogP contribution in [0.3, 0.4) is 0 Å². The van der Waals surface area contributed by atoms with E-state index in [0.717, 1.165) is 11.4 Å². The molecule has 0 bridgehead atoms. The van der Waals surface area contributed by atoms with Gasteiger partial charge in [0.1, 0.15) is 6.61 Å². The number of carbonyl (C=O) groups is 1. The molecule has 0 N–H and O–H groups in total. The van der Waals surface area contributed by atoms with E-state index in [1.165, 1.54) is 10.1 Å². The molecule has 4 rings (SSSR count). The molecule has 0 atom stereocenters. The number of fused-ring (bicyclic) bond motifs is 2. The van der Waals surface area contributed by atoms with Gasteiger partial charge in [-0.1, -0.05) is 32.0 Å². The Morgan fingerprint density at radius 3 is 2.65 bits per heavy atom. The summed E-state index contributed by atoms with van der Waals surface area (Å²) in [5.41, 5.74) is 5.17. The molecule has 0 aliphatic carbocycles. The molecule has 7 nitrogen and oxygen atoms in total. The summed E-state index contributed by atoms with van der Waals surface area (Å²) in [5, 5.41) is 4.83. The lowest BCUT2D eigenvalue weighted by Gasteiger charge is -2.23. The number of anilines is 1. The molecule has 3 heterocycles. The van der Waals surface area contributed by atoms with Gasteiger partial charge in [0.2, 0.25) is 0 Å². The number of likely N-dealkylation sites (N-methyl/N-ethyl adjacent to an activating group) is 1. The SMILES string of the molecule is Cc1nc2c(COC=O)c(CS)nn2c(=O)c1=CC=C1N(C)c2ccccc2C1(C)C. The number of nitrogens with zero attached hydrogens (tertiary/aromatic N) is 4. The number of aromatic nitrogens is 3. The average Bonchev–Trinajstić information content (AvgIpc) is 3.19. The van der Waals surface area contributed by atoms with Gasteiger partial charge in [-0.2, -0.15) is 22.2 Å². The highest BCUT2D eigenvalue weighted by atomic mass is 32.1. The van der Waals surface area contributed by atoms with E-state index in [1.807, 2.05) is 31.3 Å². The molecule has 0 amide bonds. The number of para-hydroxylation sites is 1. The monoisotopic (exact) mass is 436 g/mol. The number of thiol groups is 1. The maximum absolute atomic E-state index is 13.2. The first kappa shape index (κ1) is 21.1. The molecule has 31 heavy (non-hydrogen) atoms. The van der Waals surface area contributed by atoms with Crippen molar-refractivity contribution in [3.05, 3.63) is 74.1 Å². The highest BCUT2D eigenvalue weighted by Gasteiger charge is 2.37. The summed E-state index contributed by atoms with van der Waals surface area (Å²) < 4.78 is 6.15. The first-order chi connectivity index (χ1) is 14.8. The Balaban J connectivity index is 1.88. The van der Waals surface area contributed by atoms with Gasteiger partial charge in [0, 0.05) is 29.6 Å². The lowest BCUT2D eigenvalue weighted by Crippen LogP contribution is -2.35. The van der Waals surface area contributed by atoms with Crippen molar-refractivity contribution in [2.75, 3.05) is 11.9 Å². The van der Waals surface area contributed by atoms with Gasteiger partial charge in [0.25, 0.3) is 12.0 Å². The first-order valence-electron chi connectivity index (χ1n) is 9.94. The zero-order chi connectivity index (χ0) is 22.3. The molecule has 160 valence electrons. The smallest absolute Gasteiger partial charge is 0.293 e. The van der Waals surface area contributed by atoms with E-state index in [-0.39, 0.29) is 17.6 Å². The number of hydrogen-bond donors (Lipinski definition) is 1. The summed E-state index contributed by atoms with van der Waals surface area (Å²) >= 11 is 4.28. The number of rotatable bonds is 5. The van der Waals surface area contributed by atoms with Crippen LogP contribution in [0.4, 0.5) is 5.69 Å². The van der Waals surface area contributed by atoms with E-state index in [0.29, 0.717) is 40.0 Å². The Bertz CT molecular complexity index is 1330. The lowest BCUT2D eigenvalue weighted by molar-refractivity contribution is -0.129. The average molecular weight is 437 g/mol. The lowest BCUT2D eigenvalue weighted by atomic mass is 9.84. The third-order valence-electron chi connectivity index (χ3n) is 5.92. The summed E-state index contributed by atoms with van der Waals surface area (Å²) in [6.07, 6.45) is 3.80. The van der Waals surface area contributed by atoms with Gasteiger partial charge in [0.15, 0.2) is 5.65 Å². The Labute approximate surface area is 185 Å². The molecule has 0 unspecified atom stereocenters. The number of allylic oxidation sites excluding steroid dienone is 2. The van der Waals surface area contributed by atoms with Crippen LogP contribution in [0.2, 0.25) is 0 Å². The zero-order valence-electron chi connectivity index (χ0n) is 17.9. The van der Waals surface area contributed by atoms with Crippen molar-refractivity contribution in [3.8, 4) is 0 Å². The highest BCUT2D eigenvalue weighted by molar-refractivity contribution is 7.79. The Morgan fingerprint density at radius 2 is 1.97 bits per heavy atom. The normalized spacial score (nSPS) is 16.9. The molecule has 2 aromatic heterocycles. The minimum atomic E-state index is -0.268. The van der Waals surface area contributed by atoms with Gasteiger partial charge in [-0.15, -0.1) is 0 Å². The topological polar surface area (TPSA) is 76.8 Å². The van der Waals surface area contributed by atoms with Crippen molar-refractivity contribution >= 4 is 36.5 Å². The summed E-state index contributed by atoms with van der Waals surface area (Å²) in [5.74, 6) is 0.305. The summed E-state index contributed by atoms with van der Waals surface area (Å²) in [6, 6.07) is 8.30. The number of ether oxygens (including phenoxy) is 1. The van der Waals surface area contributed by atoms with Crippen LogP contribution in [-0.4, -0.2) is 28.1 Å². The second kappa shape index (κ2) is 7.85. The fourth-order valence-corrected chi connectivity index (χ4v) is 4.53. The quantitative estimate of drug-likeness (QED) is 0.489. The fourth-order valence-electron chi connectivity index (χ4n) is 4.28. The fraction of sp³-hybridized carbons (Fsp3) is 0.304. The van der Waals surface area contributed by atoms with Crippen molar-refractivity contribution in [3.63, 3.8) is 0 Å². The number of benzene rings is 1. The Kier molecular flexibility index (Phi) is 5.35. The van der Waals surface area contributed by atoms with E-state index in [4.69, 9.17) is 4.74 Å². The van der Waals surface area contributed by atoms with Crippen molar-refractivity contribution < 1.29 is 9.53 Å². The van der Waals surface area contributed by atoms with Crippen LogP contribution in [0, 0.1) is 6.92 Å². The molecule has 0 saturated heterocycles. The van der Waals surface area contributed by atoms with Crippen molar-refractivity contribution in [1.29, 1.82) is 0 Å². The predicted molar refractivity (Wildman–Crippen MR) is 123 cm³/mol. The summed E-state index contributed by atoms with van der Waals surface area (Å²) in [6.45, 7) is 6.50.